The molecule has 19 heavy (non-hydrogen) atoms. The van der Waals surface area contributed by atoms with E-state index in [2.05, 4.69) is 6.92 Å². The zero-order valence-corrected chi connectivity index (χ0v) is 12.0. The van der Waals surface area contributed by atoms with Crippen molar-refractivity contribution in [3.8, 4) is 0 Å². The standard InChI is InChI=1S/C13H19FN2O2S/c1-9-5-6-16(10(2)7-9)19(17,18)13-4-3-11(14)8-12(13)15/h3-4,8-10H,5-7,15H2,1-2H3. The lowest BCUT2D eigenvalue weighted by molar-refractivity contribution is 0.220. The molecule has 0 radical (unpaired) electrons. The van der Waals surface area contributed by atoms with Gasteiger partial charge >= 0.3 is 0 Å². The van der Waals surface area contributed by atoms with Crippen LogP contribution in [0.5, 0.6) is 0 Å². The van der Waals surface area contributed by atoms with Gasteiger partial charge in [-0.2, -0.15) is 4.31 Å². The second kappa shape index (κ2) is 5.09. The molecular formula is C13H19FN2O2S. The van der Waals surface area contributed by atoms with E-state index >= 15 is 0 Å². The second-order valence-corrected chi connectivity index (χ2v) is 7.14. The van der Waals surface area contributed by atoms with E-state index in [0.29, 0.717) is 12.5 Å². The van der Waals surface area contributed by atoms with Crippen LogP contribution in [0.2, 0.25) is 0 Å². The molecule has 1 saturated heterocycles. The third-order valence-corrected chi connectivity index (χ3v) is 5.72. The van der Waals surface area contributed by atoms with Gasteiger partial charge in [0.05, 0.1) is 5.69 Å². The molecule has 0 spiro atoms. The van der Waals surface area contributed by atoms with Gasteiger partial charge in [-0.3, -0.25) is 0 Å². The molecule has 2 atom stereocenters. The molecule has 1 aliphatic rings. The van der Waals surface area contributed by atoms with Crippen molar-refractivity contribution < 1.29 is 12.8 Å². The van der Waals surface area contributed by atoms with Crippen molar-refractivity contribution in [2.75, 3.05) is 12.3 Å². The van der Waals surface area contributed by atoms with Crippen LogP contribution in [0.3, 0.4) is 0 Å². The lowest BCUT2D eigenvalue weighted by Crippen LogP contribution is -2.44. The number of rotatable bonds is 2. The van der Waals surface area contributed by atoms with Gasteiger partial charge in [0.15, 0.2) is 0 Å². The number of piperidine rings is 1. The molecular weight excluding hydrogens is 267 g/mol. The first kappa shape index (κ1) is 14.3. The van der Waals surface area contributed by atoms with Crippen molar-refractivity contribution >= 4 is 15.7 Å². The van der Waals surface area contributed by atoms with Crippen molar-refractivity contribution in [3.63, 3.8) is 0 Å². The number of nitrogen functional groups attached to an aromatic ring is 1. The molecule has 1 fully saturated rings. The molecule has 1 heterocycles. The normalized spacial score (nSPS) is 25.4. The van der Waals surface area contributed by atoms with Gasteiger partial charge in [-0.15, -0.1) is 0 Å². The summed E-state index contributed by atoms with van der Waals surface area (Å²) in [6.07, 6.45) is 1.67. The minimum atomic E-state index is -3.64. The van der Waals surface area contributed by atoms with Crippen molar-refractivity contribution in [1.29, 1.82) is 0 Å². The highest BCUT2D eigenvalue weighted by Crippen LogP contribution is 2.30. The van der Waals surface area contributed by atoms with Crippen molar-refractivity contribution in [3.05, 3.63) is 24.0 Å². The summed E-state index contributed by atoms with van der Waals surface area (Å²) < 4.78 is 39.6. The Labute approximate surface area is 113 Å². The van der Waals surface area contributed by atoms with Crippen LogP contribution in [-0.4, -0.2) is 25.3 Å². The molecule has 1 aromatic rings. The summed E-state index contributed by atoms with van der Waals surface area (Å²) >= 11 is 0. The van der Waals surface area contributed by atoms with Gasteiger partial charge in [0.2, 0.25) is 10.0 Å². The summed E-state index contributed by atoms with van der Waals surface area (Å²) in [4.78, 5) is -0.00435. The summed E-state index contributed by atoms with van der Waals surface area (Å²) in [5, 5.41) is 0. The van der Waals surface area contributed by atoms with E-state index in [1.165, 1.54) is 10.4 Å². The molecule has 2 rings (SSSR count). The van der Waals surface area contributed by atoms with Gasteiger partial charge in [0.25, 0.3) is 0 Å². The average molecular weight is 286 g/mol. The van der Waals surface area contributed by atoms with Crippen LogP contribution >= 0.6 is 0 Å². The molecule has 106 valence electrons. The maximum Gasteiger partial charge on any atom is 0.245 e. The first-order chi connectivity index (χ1) is 8.82. The Kier molecular flexibility index (Phi) is 3.82. The molecule has 2 N–H and O–H groups in total. The fourth-order valence-electron chi connectivity index (χ4n) is 2.62. The van der Waals surface area contributed by atoms with Crippen LogP contribution in [0.1, 0.15) is 26.7 Å². The predicted octanol–water partition coefficient (Wildman–Crippen LogP) is 2.22. The SMILES string of the molecule is CC1CCN(S(=O)(=O)c2ccc(F)cc2N)C(C)C1. The van der Waals surface area contributed by atoms with Gasteiger partial charge in [-0.1, -0.05) is 6.92 Å². The van der Waals surface area contributed by atoms with Crippen molar-refractivity contribution in [2.24, 2.45) is 5.92 Å². The largest absolute Gasteiger partial charge is 0.398 e. The highest BCUT2D eigenvalue weighted by Gasteiger charge is 2.34. The zero-order chi connectivity index (χ0) is 14.2. The Hall–Kier alpha value is -1.14. The lowest BCUT2D eigenvalue weighted by atomic mass is 9.95. The molecule has 0 bridgehead atoms. The molecule has 0 saturated carbocycles. The van der Waals surface area contributed by atoms with Gasteiger partial charge in [0, 0.05) is 12.6 Å². The van der Waals surface area contributed by atoms with E-state index < -0.39 is 15.8 Å². The smallest absolute Gasteiger partial charge is 0.245 e. The second-order valence-electron chi connectivity index (χ2n) is 5.28. The fourth-order valence-corrected chi connectivity index (χ4v) is 4.38. The highest BCUT2D eigenvalue weighted by atomic mass is 32.2. The van der Waals surface area contributed by atoms with E-state index in [1.54, 1.807) is 0 Å². The van der Waals surface area contributed by atoms with Crippen molar-refractivity contribution in [1.82, 2.24) is 4.31 Å². The first-order valence-corrected chi connectivity index (χ1v) is 7.83. The quantitative estimate of drug-likeness (QED) is 0.848. The molecule has 0 amide bonds. The van der Waals surface area contributed by atoms with E-state index in [1.807, 2.05) is 6.92 Å². The Morgan fingerprint density at radius 2 is 2.05 bits per heavy atom. The maximum atomic E-state index is 13.0. The molecule has 0 aliphatic carbocycles. The first-order valence-electron chi connectivity index (χ1n) is 6.39. The van der Waals surface area contributed by atoms with Crippen LogP contribution in [0.4, 0.5) is 10.1 Å². The number of hydrogen-bond donors (Lipinski definition) is 1. The average Bonchev–Trinajstić information content (AvgIpc) is 2.27. The summed E-state index contributed by atoms with van der Waals surface area (Å²) in [5.74, 6) is -0.0104. The third kappa shape index (κ3) is 2.74. The molecule has 6 heteroatoms. The van der Waals surface area contributed by atoms with Gasteiger partial charge in [0.1, 0.15) is 10.7 Å². The lowest BCUT2D eigenvalue weighted by Gasteiger charge is -2.35. The number of hydrogen-bond acceptors (Lipinski definition) is 3. The van der Waals surface area contributed by atoms with Crippen LogP contribution in [0, 0.1) is 11.7 Å². The van der Waals surface area contributed by atoms with E-state index in [4.69, 9.17) is 5.73 Å². The molecule has 0 aromatic heterocycles. The molecule has 1 aliphatic heterocycles. The van der Waals surface area contributed by atoms with Crippen LogP contribution in [0.25, 0.3) is 0 Å². The molecule has 2 unspecified atom stereocenters. The number of sulfonamides is 1. The number of benzene rings is 1. The molecule has 1 aromatic carbocycles. The fraction of sp³-hybridized carbons (Fsp3) is 0.538. The maximum absolute atomic E-state index is 13.0. The summed E-state index contributed by atoms with van der Waals surface area (Å²) in [6, 6.07) is 3.35. The number of anilines is 1. The van der Waals surface area contributed by atoms with Gasteiger partial charge in [-0.25, -0.2) is 12.8 Å². The minimum absolute atomic E-state index is 0.00435. The van der Waals surface area contributed by atoms with E-state index in [0.717, 1.165) is 25.0 Å². The Morgan fingerprint density at radius 3 is 2.63 bits per heavy atom. The van der Waals surface area contributed by atoms with Gasteiger partial charge < -0.3 is 5.73 Å². The monoisotopic (exact) mass is 286 g/mol. The van der Waals surface area contributed by atoms with E-state index in [-0.39, 0.29) is 16.6 Å². The Bertz CT molecular complexity index is 574. The van der Waals surface area contributed by atoms with Crippen LogP contribution in [-0.2, 0) is 10.0 Å². The Morgan fingerprint density at radius 1 is 1.37 bits per heavy atom. The summed E-state index contributed by atoms with van der Waals surface area (Å²) in [5.41, 5.74) is 5.60. The number of halogens is 1. The van der Waals surface area contributed by atoms with Crippen molar-refractivity contribution in [2.45, 2.75) is 37.6 Å². The summed E-state index contributed by atoms with van der Waals surface area (Å²) in [6.45, 7) is 4.50. The number of nitrogens with two attached hydrogens (primary N) is 1. The van der Waals surface area contributed by atoms with Crippen LogP contribution < -0.4 is 5.73 Å². The number of nitrogens with zero attached hydrogens (tertiary/aromatic N) is 1. The summed E-state index contributed by atoms with van der Waals surface area (Å²) in [7, 11) is -3.64. The third-order valence-electron chi connectivity index (χ3n) is 3.64. The van der Waals surface area contributed by atoms with Crippen LogP contribution in [0.15, 0.2) is 23.1 Å². The zero-order valence-electron chi connectivity index (χ0n) is 11.1. The molecule has 4 nitrogen and oxygen atoms in total. The Balaban J connectivity index is 2.37. The highest BCUT2D eigenvalue weighted by molar-refractivity contribution is 7.89. The topological polar surface area (TPSA) is 63.4 Å². The van der Waals surface area contributed by atoms with Gasteiger partial charge in [-0.05, 0) is 43.9 Å². The van der Waals surface area contributed by atoms with E-state index in [9.17, 15) is 12.8 Å². The minimum Gasteiger partial charge on any atom is -0.398 e. The predicted molar refractivity (Wildman–Crippen MR) is 72.6 cm³/mol.